The predicted octanol–water partition coefficient (Wildman–Crippen LogP) is 3.92. The molecular formula is C15H15Cl2N3O. The number of aromatic nitrogens is 1. The molecule has 4 nitrogen and oxygen atoms in total. The molecule has 1 heterocycles. The van der Waals surface area contributed by atoms with E-state index in [9.17, 15) is 4.79 Å². The zero-order valence-electron chi connectivity index (χ0n) is 11.7. The van der Waals surface area contributed by atoms with E-state index in [4.69, 9.17) is 23.2 Å². The Morgan fingerprint density at radius 1 is 1.24 bits per heavy atom. The van der Waals surface area contributed by atoms with Crippen molar-refractivity contribution in [3.8, 4) is 0 Å². The van der Waals surface area contributed by atoms with Crippen LogP contribution in [0.4, 0.5) is 5.82 Å². The van der Waals surface area contributed by atoms with Crippen molar-refractivity contribution in [3.05, 3.63) is 57.7 Å². The fraction of sp³-hybridized carbons (Fsp3) is 0.200. The maximum atomic E-state index is 12.2. The van der Waals surface area contributed by atoms with Crippen LogP contribution >= 0.6 is 23.2 Å². The number of carbonyl (C=O) groups is 1. The van der Waals surface area contributed by atoms with Crippen LogP contribution in [0.2, 0.25) is 10.0 Å². The molecule has 0 fully saturated rings. The highest BCUT2D eigenvalue weighted by atomic mass is 35.5. The number of benzene rings is 1. The number of amides is 1. The summed E-state index contributed by atoms with van der Waals surface area (Å²) >= 11 is 12.0. The van der Waals surface area contributed by atoms with E-state index in [0.717, 1.165) is 5.56 Å². The molecular weight excluding hydrogens is 309 g/mol. The van der Waals surface area contributed by atoms with Gasteiger partial charge in [-0.1, -0.05) is 29.3 Å². The van der Waals surface area contributed by atoms with Crippen molar-refractivity contribution in [3.63, 3.8) is 0 Å². The SMILES string of the molecule is CNc1ccc(C(=O)NC(C)c2ccc(Cl)cc2Cl)cn1. The van der Waals surface area contributed by atoms with Crippen LogP contribution < -0.4 is 10.6 Å². The Labute approximate surface area is 133 Å². The standard InChI is InChI=1S/C15H15Cl2N3O/c1-9(12-5-4-11(16)7-13(12)17)20-15(21)10-3-6-14(18-2)19-8-10/h3-9H,1-2H3,(H,18,19)(H,20,21). The summed E-state index contributed by atoms with van der Waals surface area (Å²) in [4.78, 5) is 16.3. The van der Waals surface area contributed by atoms with Gasteiger partial charge >= 0.3 is 0 Å². The number of rotatable bonds is 4. The zero-order chi connectivity index (χ0) is 15.4. The van der Waals surface area contributed by atoms with Crippen LogP contribution in [0.1, 0.15) is 28.9 Å². The summed E-state index contributed by atoms with van der Waals surface area (Å²) in [6, 6.07) is 8.43. The third kappa shape index (κ3) is 3.86. The fourth-order valence-corrected chi connectivity index (χ4v) is 2.46. The van der Waals surface area contributed by atoms with Gasteiger partial charge in [-0.05, 0) is 36.8 Å². The van der Waals surface area contributed by atoms with Gasteiger partial charge in [-0.3, -0.25) is 4.79 Å². The second-order valence-corrected chi connectivity index (χ2v) is 5.39. The molecule has 1 aromatic carbocycles. The maximum Gasteiger partial charge on any atom is 0.253 e. The lowest BCUT2D eigenvalue weighted by molar-refractivity contribution is 0.0939. The Morgan fingerprint density at radius 3 is 2.57 bits per heavy atom. The molecule has 1 amide bonds. The quantitative estimate of drug-likeness (QED) is 0.896. The number of nitrogens with zero attached hydrogens (tertiary/aromatic N) is 1. The van der Waals surface area contributed by atoms with Crippen molar-refractivity contribution in [2.45, 2.75) is 13.0 Å². The van der Waals surface area contributed by atoms with Crippen LogP contribution in [0.5, 0.6) is 0 Å². The Kier molecular flexibility index (Phi) is 5.04. The molecule has 2 N–H and O–H groups in total. The Bertz CT molecular complexity index is 644. The summed E-state index contributed by atoms with van der Waals surface area (Å²) in [6.45, 7) is 1.86. The average Bonchev–Trinajstić information content (AvgIpc) is 2.47. The molecule has 0 saturated heterocycles. The maximum absolute atomic E-state index is 12.2. The van der Waals surface area contributed by atoms with Gasteiger partial charge in [0, 0.05) is 23.3 Å². The molecule has 0 radical (unpaired) electrons. The molecule has 6 heteroatoms. The molecule has 0 aliphatic carbocycles. The van der Waals surface area contributed by atoms with Crippen molar-refractivity contribution in [2.75, 3.05) is 12.4 Å². The van der Waals surface area contributed by atoms with Gasteiger partial charge in [-0.2, -0.15) is 0 Å². The first-order chi connectivity index (χ1) is 10.0. The average molecular weight is 324 g/mol. The largest absolute Gasteiger partial charge is 0.373 e. The van der Waals surface area contributed by atoms with Gasteiger partial charge in [-0.25, -0.2) is 4.98 Å². The molecule has 2 aromatic rings. The van der Waals surface area contributed by atoms with Gasteiger partial charge in [0.15, 0.2) is 0 Å². The summed E-state index contributed by atoms with van der Waals surface area (Å²) in [7, 11) is 1.77. The van der Waals surface area contributed by atoms with Crippen molar-refractivity contribution < 1.29 is 4.79 Å². The van der Waals surface area contributed by atoms with Crippen molar-refractivity contribution in [2.24, 2.45) is 0 Å². The number of nitrogens with one attached hydrogen (secondary N) is 2. The summed E-state index contributed by atoms with van der Waals surface area (Å²) < 4.78 is 0. The molecule has 0 spiro atoms. The molecule has 110 valence electrons. The van der Waals surface area contributed by atoms with E-state index in [1.807, 2.05) is 6.92 Å². The second kappa shape index (κ2) is 6.78. The molecule has 0 aliphatic heterocycles. The van der Waals surface area contributed by atoms with E-state index in [1.54, 1.807) is 37.4 Å². The first-order valence-corrected chi connectivity index (χ1v) is 7.16. The summed E-state index contributed by atoms with van der Waals surface area (Å²) in [6.07, 6.45) is 1.53. The zero-order valence-corrected chi connectivity index (χ0v) is 13.2. The predicted molar refractivity (Wildman–Crippen MR) is 86.1 cm³/mol. The minimum Gasteiger partial charge on any atom is -0.373 e. The molecule has 0 aliphatic rings. The molecule has 1 atom stereocenters. The van der Waals surface area contributed by atoms with Crippen LogP contribution in [0.3, 0.4) is 0 Å². The Balaban J connectivity index is 2.10. The number of halogens is 2. The van der Waals surface area contributed by atoms with E-state index >= 15 is 0 Å². The minimum absolute atomic E-state index is 0.205. The van der Waals surface area contributed by atoms with Crippen LogP contribution in [-0.4, -0.2) is 17.9 Å². The lowest BCUT2D eigenvalue weighted by Gasteiger charge is -2.16. The van der Waals surface area contributed by atoms with Crippen molar-refractivity contribution in [1.29, 1.82) is 0 Å². The minimum atomic E-state index is -0.230. The molecule has 0 bridgehead atoms. The highest BCUT2D eigenvalue weighted by Gasteiger charge is 2.14. The number of pyridine rings is 1. The van der Waals surface area contributed by atoms with Crippen LogP contribution in [0, 0.1) is 0 Å². The number of carbonyl (C=O) groups excluding carboxylic acids is 1. The number of hydrogen-bond donors (Lipinski definition) is 2. The smallest absolute Gasteiger partial charge is 0.253 e. The fourth-order valence-electron chi connectivity index (χ4n) is 1.89. The van der Waals surface area contributed by atoms with Gasteiger partial charge in [0.2, 0.25) is 0 Å². The van der Waals surface area contributed by atoms with Gasteiger partial charge in [-0.15, -0.1) is 0 Å². The highest BCUT2D eigenvalue weighted by Crippen LogP contribution is 2.26. The van der Waals surface area contributed by atoms with E-state index in [1.165, 1.54) is 6.20 Å². The monoisotopic (exact) mass is 323 g/mol. The van der Waals surface area contributed by atoms with Gasteiger partial charge < -0.3 is 10.6 Å². The Morgan fingerprint density at radius 2 is 2.00 bits per heavy atom. The summed E-state index contributed by atoms with van der Waals surface area (Å²) in [5.41, 5.74) is 1.31. The third-order valence-electron chi connectivity index (χ3n) is 3.06. The normalized spacial score (nSPS) is 11.8. The summed E-state index contributed by atoms with van der Waals surface area (Å²) in [5, 5.41) is 6.87. The molecule has 2 rings (SSSR count). The van der Waals surface area contributed by atoms with E-state index in [-0.39, 0.29) is 11.9 Å². The van der Waals surface area contributed by atoms with Crippen molar-refractivity contribution in [1.82, 2.24) is 10.3 Å². The number of anilines is 1. The summed E-state index contributed by atoms with van der Waals surface area (Å²) in [5.74, 6) is 0.504. The molecule has 1 unspecified atom stereocenters. The Hall–Kier alpha value is -1.78. The first kappa shape index (κ1) is 15.6. The van der Waals surface area contributed by atoms with Gasteiger partial charge in [0.25, 0.3) is 5.91 Å². The second-order valence-electron chi connectivity index (χ2n) is 4.54. The van der Waals surface area contributed by atoms with E-state index in [2.05, 4.69) is 15.6 Å². The van der Waals surface area contributed by atoms with Crippen molar-refractivity contribution >= 4 is 34.9 Å². The van der Waals surface area contributed by atoms with E-state index < -0.39 is 0 Å². The van der Waals surface area contributed by atoms with Crippen LogP contribution in [0.25, 0.3) is 0 Å². The third-order valence-corrected chi connectivity index (χ3v) is 3.62. The van der Waals surface area contributed by atoms with Gasteiger partial charge in [0.05, 0.1) is 11.6 Å². The first-order valence-electron chi connectivity index (χ1n) is 6.41. The van der Waals surface area contributed by atoms with E-state index in [0.29, 0.717) is 21.4 Å². The highest BCUT2D eigenvalue weighted by molar-refractivity contribution is 6.35. The molecule has 21 heavy (non-hydrogen) atoms. The lowest BCUT2D eigenvalue weighted by Crippen LogP contribution is -2.26. The van der Waals surface area contributed by atoms with Crippen LogP contribution in [-0.2, 0) is 0 Å². The lowest BCUT2D eigenvalue weighted by atomic mass is 10.1. The topological polar surface area (TPSA) is 54.0 Å². The number of hydrogen-bond acceptors (Lipinski definition) is 3. The molecule has 0 saturated carbocycles. The van der Waals surface area contributed by atoms with Crippen LogP contribution in [0.15, 0.2) is 36.5 Å². The van der Waals surface area contributed by atoms with Gasteiger partial charge in [0.1, 0.15) is 5.82 Å². The molecule has 1 aromatic heterocycles.